The van der Waals surface area contributed by atoms with Gasteiger partial charge < -0.3 is 13.7 Å². The van der Waals surface area contributed by atoms with Gasteiger partial charge in [-0.2, -0.15) is 0 Å². The molecule has 41 heavy (non-hydrogen) atoms. The normalized spacial score (nSPS) is 15.4. The summed E-state index contributed by atoms with van der Waals surface area (Å²) in [5.41, 5.74) is 1.44. The lowest BCUT2D eigenvalue weighted by Gasteiger charge is -2.33. The van der Waals surface area contributed by atoms with Crippen molar-refractivity contribution in [2.75, 3.05) is 13.8 Å². The molecule has 0 spiro atoms. The van der Waals surface area contributed by atoms with Gasteiger partial charge in [-0.05, 0) is 54.8 Å². The highest BCUT2D eigenvalue weighted by Crippen LogP contribution is 2.52. The number of hydrogen-bond acceptors (Lipinski definition) is 6. The number of aromatic amines is 1. The van der Waals surface area contributed by atoms with Gasteiger partial charge in [0.1, 0.15) is 11.6 Å². The maximum Gasteiger partial charge on any atom is 0.496 e. The average molecular weight is 621 g/mol. The third-order valence-electron chi connectivity index (χ3n) is 6.03. The van der Waals surface area contributed by atoms with Crippen LogP contribution in [-0.4, -0.2) is 36.6 Å². The lowest BCUT2D eigenvalue weighted by atomic mass is 9.78. The molecule has 2 aromatic rings. The Morgan fingerprint density at radius 2 is 1.76 bits per heavy atom. The van der Waals surface area contributed by atoms with E-state index in [-0.39, 0.29) is 34.8 Å². The second-order valence-corrected chi connectivity index (χ2v) is 12.9. The monoisotopic (exact) mass is 620 g/mol. The zero-order valence-electron chi connectivity index (χ0n) is 26.1. The minimum atomic E-state index is -1.85. The van der Waals surface area contributed by atoms with Crippen LogP contribution in [0.1, 0.15) is 84.1 Å². The Balaban J connectivity index is 0.00000201. The number of aromatic nitrogens is 2. The largest absolute Gasteiger partial charge is 0.496 e. The molecule has 0 amide bonds. The summed E-state index contributed by atoms with van der Waals surface area (Å²) in [7, 11) is -2.87. The lowest BCUT2D eigenvalue weighted by molar-refractivity contribution is 0.0871. The fourth-order valence-electron chi connectivity index (χ4n) is 3.98. The number of alkyl halides is 1. The molecular weight excluding hydrogens is 575 g/mol. The van der Waals surface area contributed by atoms with Crippen LogP contribution in [0.2, 0.25) is 6.82 Å². The Morgan fingerprint density at radius 1 is 1.17 bits per heavy atom. The summed E-state index contributed by atoms with van der Waals surface area (Å²) in [6.45, 7) is 19.4. The first-order chi connectivity index (χ1) is 19.1. The summed E-state index contributed by atoms with van der Waals surface area (Å²) in [5, 5.41) is 0. The Hall–Kier alpha value is -1.72. The van der Waals surface area contributed by atoms with Gasteiger partial charge in [0.15, 0.2) is 4.77 Å². The topological polar surface area (TPSA) is 74.7 Å². The van der Waals surface area contributed by atoms with E-state index in [1.54, 1.807) is 17.7 Å². The van der Waals surface area contributed by atoms with Crippen LogP contribution in [0.5, 0.6) is 5.75 Å². The van der Waals surface area contributed by atoms with Crippen LogP contribution in [0.3, 0.4) is 0 Å². The third-order valence-corrected chi connectivity index (χ3v) is 7.40. The molecule has 0 saturated carbocycles. The van der Waals surface area contributed by atoms with Crippen LogP contribution in [-0.2, 0) is 37.7 Å². The van der Waals surface area contributed by atoms with Crippen molar-refractivity contribution in [3.63, 3.8) is 0 Å². The molecule has 232 valence electrons. The van der Waals surface area contributed by atoms with Gasteiger partial charge in [-0.1, -0.05) is 55.4 Å². The first-order valence-electron chi connectivity index (χ1n) is 13.7. The first-order valence-corrected chi connectivity index (χ1v) is 15.2. The molecule has 1 aromatic heterocycles. The molecule has 2 unspecified atom stereocenters. The minimum Gasteiger partial charge on any atom is -0.426 e. The fraction of sp³-hybridized carbons (Fsp3) is 0.643. The quantitative estimate of drug-likeness (QED) is 0.182. The fourth-order valence-corrected chi connectivity index (χ4v) is 5.28. The van der Waals surface area contributed by atoms with Crippen molar-refractivity contribution in [1.82, 2.24) is 9.55 Å². The summed E-state index contributed by atoms with van der Waals surface area (Å²) >= 11 is 5.22. The Kier molecular flexibility index (Phi) is 14.8. The zero-order valence-corrected chi connectivity index (χ0v) is 27.8. The molecule has 7 nitrogen and oxygen atoms in total. The van der Waals surface area contributed by atoms with Crippen molar-refractivity contribution in [3.05, 3.63) is 55.5 Å². The molecule has 0 fully saturated rings. The van der Waals surface area contributed by atoms with E-state index in [2.05, 4.69) is 4.98 Å². The van der Waals surface area contributed by atoms with E-state index in [1.807, 2.05) is 61.5 Å². The van der Waals surface area contributed by atoms with Crippen molar-refractivity contribution in [2.45, 2.75) is 106 Å². The van der Waals surface area contributed by atoms with Crippen molar-refractivity contribution >= 4 is 28.0 Å². The highest BCUT2D eigenvalue weighted by Gasteiger charge is 2.36. The van der Waals surface area contributed by atoms with E-state index in [9.17, 15) is 13.5 Å². The molecule has 1 aliphatic heterocycles. The number of hydrogen-bond donors (Lipinski definition) is 1. The predicted molar refractivity (Wildman–Crippen MR) is 163 cm³/mol. The van der Waals surface area contributed by atoms with Gasteiger partial charge >= 0.3 is 15.8 Å². The Bertz CT molecular complexity index is 1250. The molecule has 0 saturated heterocycles. The summed E-state index contributed by atoms with van der Waals surface area (Å²) in [6.07, 6.45) is 1.39. The SMILES string of the molecule is CB(F)OC(CCn1cc(C)c(=O)[nH]c1=S)COP1OCc2c(F)c(C(C)(C)C)cc(C(C)(C)C)c2O1.CC.CF. The second kappa shape index (κ2) is 16.2. The number of H-pyrrole nitrogens is 1. The predicted octanol–water partition coefficient (Wildman–Crippen LogP) is 8.28. The van der Waals surface area contributed by atoms with E-state index in [0.29, 0.717) is 42.6 Å². The highest BCUT2D eigenvalue weighted by atomic mass is 32.1. The summed E-state index contributed by atoms with van der Waals surface area (Å²) < 4.78 is 63.8. The maximum atomic E-state index is 15.5. The summed E-state index contributed by atoms with van der Waals surface area (Å²) in [4.78, 5) is 14.3. The maximum absolute atomic E-state index is 15.5. The summed E-state index contributed by atoms with van der Waals surface area (Å²) in [5.74, 6) is 0.118. The molecule has 2 atom stereocenters. The van der Waals surface area contributed by atoms with Crippen molar-refractivity contribution in [1.29, 1.82) is 0 Å². The molecule has 3 rings (SSSR count). The van der Waals surface area contributed by atoms with Crippen molar-refractivity contribution < 1.29 is 31.3 Å². The zero-order chi connectivity index (χ0) is 31.7. The molecule has 0 bridgehead atoms. The van der Waals surface area contributed by atoms with Gasteiger partial charge in [-0.25, -0.2) is 4.39 Å². The van der Waals surface area contributed by atoms with Gasteiger partial charge in [0.2, 0.25) is 0 Å². The highest BCUT2D eigenvalue weighted by molar-refractivity contribution is 7.71. The van der Waals surface area contributed by atoms with Gasteiger partial charge in [0.25, 0.3) is 5.56 Å². The molecule has 1 N–H and O–H groups in total. The van der Waals surface area contributed by atoms with Crippen LogP contribution in [0.15, 0.2) is 17.1 Å². The van der Waals surface area contributed by atoms with Crippen LogP contribution in [0.25, 0.3) is 0 Å². The molecule has 1 aromatic carbocycles. The van der Waals surface area contributed by atoms with Gasteiger partial charge in [-0.3, -0.25) is 27.5 Å². The van der Waals surface area contributed by atoms with Gasteiger partial charge in [-0.15, -0.1) is 0 Å². The van der Waals surface area contributed by atoms with E-state index < -0.39 is 27.3 Å². The van der Waals surface area contributed by atoms with Gasteiger partial charge in [0, 0.05) is 23.9 Å². The molecule has 0 aliphatic carbocycles. The van der Waals surface area contributed by atoms with E-state index in [4.69, 9.17) is 30.4 Å². The van der Waals surface area contributed by atoms with Crippen LogP contribution in [0.4, 0.5) is 13.1 Å². The first kappa shape index (κ1) is 37.3. The molecule has 1 aliphatic rings. The summed E-state index contributed by atoms with van der Waals surface area (Å²) in [6, 6.07) is 1.87. The van der Waals surface area contributed by atoms with E-state index >= 15 is 4.39 Å². The number of nitrogens with zero attached hydrogens (tertiary/aromatic N) is 1. The minimum absolute atomic E-state index is 0.00162. The van der Waals surface area contributed by atoms with Crippen molar-refractivity contribution in [3.8, 4) is 5.75 Å². The number of halogens is 3. The number of aryl methyl sites for hydroxylation is 2. The number of fused-ring (bicyclic) bond motifs is 1. The van der Waals surface area contributed by atoms with Crippen LogP contribution in [0, 0.1) is 17.5 Å². The number of rotatable bonds is 8. The number of benzene rings is 1. The molecular formula is C28H45BF3N2O5PS. The third kappa shape index (κ3) is 10.5. The Labute approximate surface area is 249 Å². The molecule has 0 radical (unpaired) electrons. The lowest BCUT2D eigenvalue weighted by Crippen LogP contribution is -2.27. The van der Waals surface area contributed by atoms with Crippen LogP contribution >= 0.6 is 20.8 Å². The molecule has 13 heteroatoms. The smallest absolute Gasteiger partial charge is 0.426 e. The van der Waals surface area contributed by atoms with E-state index in [0.717, 1.165) is 5.56 Å². The molecule has 2 heterocycles. The van der Waals surface area contributed by atoms with E-state index in [1.165, 1.54) is 6.82 Å². The van der Waals surface area contributed by atoms with Crippen molar-refractivity contribution in [2.24, 2.45) is 0 Å². The van der Waals surface area contributed by atoms with Crippen LogP contribution < -0.4 is 10.1 Å². The second-order valence-electron chi connectivity index (χ2n) is 11.3. The van der Waals surface area contributed by atoms with Gasteiger partial charge in [0.05, 0.1) is 32.1 Å². The number of nitrogens with one attached hydrogen (secondary N) is 1. The standard InChI is InChI=1S/C25H36BF2N2O5PS.C2H6.CH3F/c1-15-12-30(23(37)29-22(15)31)10-9-16(34-26(8)28)13-32-36-33-14-17-20(27)18(24(2,3)4)11-19(21(17)35-36)25(5,6)7;2*1-2/h11-12,16H,9-10,13-14H2,1-8H3,(H,29,31,37);1-2H3;1H3. The Morgan fingerprint density at radius 3 is 2.29 bits per heavy atom. The average Bonchev–Trinajstić information content (AvgIpc) is 2.89.